The van der Waals surface area contributed by atoms with Crippen LogP contribution >= 0.6 is 0 Å². The fourth-order valence-electron chi connectivity index (χ4n) is 0.751. The number of hydrogen-bond acceptors (Lipinski definition) is 3. The van der Waals surface area contributed by atoms with E-state index in [0.29, 0.717) is 0 Å². The van der Waals surface area contributed by atoms with Gasteiger partial charge in [-0.2, -0.15) is 0 Å². The molecule has 3 heteroatoms. The summed E-state index contributed by atoms with van der Waals surface area (Å²) in [6.07, 6.45) is 3.02. The van der Waals surface area contributed by atoms with Crippen LogP contribution < -0.4 is 5.32 Å². The highest BCUT2D eigenvalue weighted by molar-refractivity contribution is 4.67. The van der Waals surface area contributed by atoms with Crippen molar-refractivity contribution in [1.29, 1.82) is 0 Å². The van der Waals surface area contributed by atoms with Gasteiger partial charge in [0.05, 0.1) is 0 Å². The summed E-state index contributed by atoms with van der Waals surface area (Å²) in [6, 6.07) is 0. The van der Waals surface area contributed by atoms with E-state index in [1.807, 2.05) is 13.8 Å². The molecule has 0 heterocycles. The zero-order valence-electron chi connectivity index (χ0n) is 7.68. The van der Waals surface area contributed by atoms with Gasteiger partial charge < -0.3 is 0 Å². The third-order valence-corrected chi connectivity index (χ3v) is 1.91. The van der Waals surface area contributed by atoms with Crippen LogP contribution in [0.1, 0.15) is 40.0 Å². The van der Waals surface area contributed by atoms with E-state index in [1.54, 1.807) is 0 Å². The van der Waals surface area contributed by atoms with Crippen LogP contribution in [0.5, 0.6) is 0 Å². The molecular formula is C8H19NO2. The van der Waals surface area contributed by atoms with Crippen molar-refractivity contribution in [3.05, 3.63) is 0 Å². The molecule has 0 saturated heterocycles. The van der Waals surface area contributed by atoms with E-state index < -0.39 is 5.72 Å². The number of hydrogen-bond donors (Lipinski definition) is 2. The van der Waals surface area contributed by atoms with Crippen molar-refractivity contribution in [3.8, 4) is 0 Å². The molecule has 0 aliphatic rings. The molecule has 68 valence electrons. The second-order valence-corrected chi connectivity index (χ2v) is 2.96. The zero-order valence-corrected chi connectivity index (χ0v) is 7.68. The summed E-state index contributed by atoms with van der Waals surface area (Å²) < 4.78 is 0. The van der Waals surface area contributed by atoms with Gasteiger partial charge in [0, 0.05) is 0 Å². The molecule has 0 fully saturated rings. The Morgan fingerprint density at radius 2 is 2.09 bits per heavy atom. The van der Waals surface area contributed by atoms with Crippen molar-refractivity contribution in [1.82, 2.24) is 5.32 Å². The van der Waals surface area contributed by atoms with Crippen LogP contribution in [0.2, 0.25) is 0 Å². The largest absolute Gasteiger partial charge is 0.287 e. The average molecular weight is 161 g/mol. The third-order valence-electron chi connectivity index (χ3n) is 1.91. The Morgan fingerprint density at radius 3 is 2.45 bits per heavy atom. The zero-order chi connectivity index (χ0) is 8.74. The highest BCUT2D eigenvalue weighted by Crippen LogP contribution is 2.08. The van der Waals surface area contributed by atoms with Crippen molar-refractivity contribution >= 4 is 0 Å². The van der Waals surface area contributed by atoms with Crippen LogP contribution in [0, 0.1) is 0 Å². The Hall–Kier alpha value is -0.120. The molecule has 1 atom stereocenters. The first-order chi connectivity index (χ1) is 5.18. The van der Waals surface area contributed by atoms with Gasteiger partial charge in [0.2, 0.25) is 0 Å². The lowest BCUT2D eigenvalue weighted by Gasteiger charge is -2.25. The van der Waals surface area contributed by atoms with Crippen molar-refractivity contribution in [2.45, 2.75) is 45.8 Å². The molecule has 0 rings (SSSR count). The molecule has 0 aliphatic heterocycles. The maximum atomic E-state index is 8.52. The maximum absolute atomic E-state index is 8.52. The molecule has 0 saturated carbocycles. The Kier molecular flexibility index (Phi) is 5.46. The Bertz CT molecular complexity index is 92.1. The smallest absolute Gasteiger partial charge is 0.150 e. The second kappa shape index (κ2) is 5.52. The van der Waals surface area contributed by atoms with Gasteiger partial charge >= 0.3 is 0 Å². The van der Waals surface area contributed by atoms with Crippen molar-refractivity contribution in [3.63, 3.8) is 0 Å². The standard InChI is InChI=1S/C8H19NO2/c1-4-6-7-9-8(3,5-2)11-10/h9-10H,4-7H2,1-3H3. The summed E-state index contributed by atoms with van der Waals surface area (Å²) in [5, 5.41) is 11.6. The summed E-state index contributed by atoms with van der Waals surface area (Å²) in [5.41, 5.74) is -0.560. The van der Waals surface area contributed by atoms with Crippen LogP contribution in [0.25, 0.3) is 0 Å². The van der Waals surface area contributed by atoms with Crippen LogP contribution in [0.15, 0.2) is 0 Å². The average Bonchev–Trinajstić information content (AvgIpc) is 2.05. The van der Waals surface area contributed by atoms with Crippen molar-refractivity contribution < 1.29 is 10.1 Å². The Labute approximate surface area is 68.7 Å². The molecule has 1 unspecified atom stereocenters. The topological polar surface area (TPSA) is 41.5 Å². The molecular weight excluding hydrogens is 142 g/mol. The van der Waals surface area contributed by atoms with E-state index in [1.165, 1.54) is 0 Å². The summed E-state index contributed by atoms with van der Waals surface area (Å²) in [5.74, 6) is 0. The van der Waals surface area contributed by atoms with Gasteiger partial charge in [-0.25, -0.2) is 10.1 Å². The molecule has 0 radical (unpaired) electrons. The molecule has 0 aromatic heterocycles. The summed E-state index contributed by atoms with van der Waals surface area (Å²) >= 11 is 0. The van der Waals surface area contributed by atoms with Crippen LogP contribution in [-0.4, -0.2) is 17.5 Å². The first-order valence-electron chi connectivity index (χ1n) is 4.26. The normalized spacial score (nSPS) is 16.4. The minimum atomic E-state index is -0.560. The van der Waals surface area contributed by atoms with Gasteiger partial charge in [0.15, 0.2) is 5.72 Å². The van der Waals surface area contributed by atoms with E-state index in [4.69, 9.17) is 5.26 Å². The molecule has 0 aliphatic carbocycles. The predicted molar refractivity (Wildman–Crippen MR) is 45.3 cm³/mol. The molecule has 0 amide bonds. The quantitative estimate of drug-likeness (QED) is 0.271. The van der Waals surface area contributed by atoms with Crippen LogP contribution in [-0.2, 0) is 4.89 Å². The SMILES string of the molecule is CCCCNC(C)(CC)OO. The lowest BCUT2D eigenvalue weighted by Crippen LogP contribution is -2.44. The molecule has 2 N–H and O–H groups in total. The Balaban J connectivity index is 3.51. The second-order valence-electron chi connectivity index (χ2n) is 2.96. The predicted octanol–water partition coefficient (Wildman–Crippen LogP) is 1.99. The summed E-state index contributed by atoms with van der Waals surface area (Å²) in [7, 11) is 0. The minimum Gasteiger partial charge on any atom is -0.287 e. The van der Waals surface area contributed by atoms with E-state index in [0.717, 1.165) is 25.8 Å². The third kappa shape index (κ3) is 4.35. The number of nitrogens with one attached hydrogen (secondary N) is 1. The highest BCUT2D eigenvalue weighted by atomic mass is 17.1. The monoisotopic (exact) mass is 161 g/mol. The van der Waals surface area contributed by atoms with E-state index in [-0.39, 0.29) is 0 Å². The minimum absolute atomic E-state index is 0.560. The number of rotatable bonds is 6. The highest BCUT2D eigenvalue weighted by Gasteiger charge is 2.20. The van der Waals surface area contributed by atoms with Gasteiger partial charge in [-0.3, -0.25) is 5.32 Å². The first kappa shape index (κ1) is 10.9. The van der Waals surface area contributed by atoms with Crippen LogP contribution in [0.4, 0.5) is 0 Å². The lowest BCUT2D eigenvalue weighted by molar-refractivity contribution is -0.328. The lowest BCUT2D eigenvalue weighted by atomic mass is 10.2. The Morgan fingerprint density at radius 1 is 1.45 bits per heavy atom. The molecule has 0 bridgehead atoms. The molecule has 11 heavy (non-hydrogen) atoms. The fourth-order valence-corrected chi connectivity index (χ4v) is 0.751. The first-order valence-corrected chi connectivity index (χ1v) is 4.26. The molecule has 0 spiro atoms. The summed E-state index contributed by atoms with van der Waals surface area (Å²) in [4.78, 5) is 4.32. The van der Waals surface area contributed by atoms with Gasteiger partial charge in [0.25, 0.3) is 0 Å². The number of unbranched alkanes of at least 4 members (excludes halogenated alkanes) is 1. The van der Waals surface area contributed by atoms with E-state index >= 15 is 0 Å². The fraction of sp³-hybridized carbons (Fsp3) is 1.00. The summed E-state index contributed by atoms with van der Waals surface area (Å²) in [6.45, 7) is 6.82. The molecule has 3 nitrogen and oxygen atoms in total. The maximum Gasteiger partial charge on any atom is 0.150 e. The van der Waals surface area contributed by atoms with Crippen LogP contribution in [0.3, 0.4) is 0 Å². The van der Waals surface area contributed by atoms with Gasteiger partial charge in [-0.15, -0.1) is 0 Å². The van der Waals surface area contributed by atoms with Gasteiger partial charge in [0.1, 0.15) is 0 Å². The van der Waals surface area contributed by atoms with E-state index in [9.17, 15) is 0 Å². The molecule has 0 aromatic rings. The van der Waals surface area contributed by atoms with Crippen molar-refractivity contribution in [2.75, 3.05) is 6.54 Å². The van der Waals surface area contributed by atoms with Crippen molar-refractivity contribution in [2.24, 2.45) is 0 Å². The molecule has 0 aromatic carbocycles. The van der Waals surface area contributed by atoms with E-state index in [2.05, 4.69) is 17.1 Å². The van der Waals surface area contributed by atoms with Gasteiger partial charge in [-0.1, -0.05) is 20.3 Å². The van der Waals surface area contributed by atoms with Gasteiger partial charge in [-0.05, 0) is 26.3 Å².